The topological polar surface area (TPSA) is 70.2 Å². The smallest absolute Gasteiger partial charge is 0.387 e. The fourth-order valence-corrected chi connectivity index (χ4v) is 3.18. The summed E-state index contributed by atoms with van der Waals surface area (Å²) >= 11 is 0. The average Bonchev–Trinajstić information content (AvgIpc) is 3.23. The van der Waals surface area contributed by atoms with E-state index in [9.17, 15) is 18.0 Å². The van der Waals surface area contributed by atoms with Gasteiger partial charge in [-0.25, -0.2) is 4.39 Å². The lowest BCUT2D eigenvalue weighted by Gasteiger charge is -2.24. The van der Waals surface area contributed by atoms with Crippen molar-refractivity contribution in [3.63, 3.8) is 0 Å². The van der Waals surface area contributed by atoms with Crippen LogP contribution in [-0.2, 0) is 11.2 Å². The molecule has 9 heteroatoms. The number of H-pyrrole nitrogens is 1. The minimum atomic E-state index is -2.97. The predicted molar refractivity (Wildman–Crippen MR) is 116 cm³/mol. The highest BCUT2D eigenvalue weighted by Gasteiger charge is 2.20. The molecule has 3 aromatic rings. The molecule has 0 aliphatic rings. The Labute approximate surface area is 184 Å². The van der Waals surface area contributed by atoms with Crippen LogP contribution in [0.25, 0.3) is 11.3 Å². The number of nitrogens with one attached hydrogen (secondary N) is 2. The number of halogens is 3. The van der Waals surface area contributed by atoms with Crippen molar-refractivity contribution in [2.24, 2.45) is 0 Å². The molecule has 0 saturated heterocycles. The number of carbonyl (C=O) groups excluding carboxylic acids is 1. The number of carbonyl (C=O) groups is 1. The molecule has 1 atom stereocenters. The van der Waals surface area contributed by atoms with Crippen molar-refractivity contribution in [2.75, 3.05) is 18.9 Å². The monoisotopic (exact) mass is 446 g/mol. The first kappa shape index (κ1) is 23.3. The molecule has 32 heavy (non-hydrogen) atoms. The number of amides is 1. The number of aromatic nitrogens is 2. The van der Waals surface area contributed by atoms with Gasteiger partial charge in [0.2, 0.25) is 5.91 Å². The normalized spacial score (nSPS) is 12.2. The van der Waals surface area contributed by atoms with Crippen LogP contribution >= 0.6 is 0 Å². The summed E-state index contributed by atoms with van der Waals surface area (Å²) in [6.45, 7) is -0.595. The fraction of sp³-hybridized carbons (Fsp3) is 0.304. The number of ether oxygens (including phenoxy) is 1. The maximum atomic E-state index is 13.1. The maximum absolute atomic E-state index is 13.1. The second-order valence-electron chi connectivity index (χ2n) is 7.41. The standard InChI is InChI=1S/C23H25F3N4O2/c1-15(22(31)27-19-7-3-4-8-21(19)32-23(25)26)30(2)13-5-6-18-14-20(29-28-18)16-9-11-17(24)12-10-16/h3-4,7-12,14-15,23H,5-6,13H2,1-2H3,(H,27,31)(H,28,29). The molecular formula is C23H25F3N4O2. The number of hydrogen-bond donors (Lipinski definition) is 2. The minimum absolute atomic E-state index is 0.0816. The van der Waals surface area contributed by atoms with Gasteiger partial charge in [-0.2, -0.15) is 13.9 Å². The van der Waals surface area contributed by atoms with Crippen molar-refractivity contribution in [3.8, 4) is 17.0 Å². The lowest BCUT2D eigenvalue weighted by molar-refractivity contribution is -0.120. The van der Waals surface area contributed by atoms with E-state index in [0.717, 1.165) is 29.8 Å². The SMILES string of the molecule is CC(C(=O)Nc1ccccc1OC(F)F)N(C)CCCc1cc(-c2ccc(F)cc2)n[nH]1. The van der Waals surface area contributed by atoms with Crippen LogP contribution in [0.4, 0.5) is 18.9 Å². The quantitative estimate of drug-likeness (QED) is 0.473. The molecule has 1 heterocycles. The molecule has 1 amide bonds. The van der Waals surface area contributed by atoms with E-state index in [2.05, 4.69) is 20.3 Å². The van der Waals surface area contributed by atoms with Gasteiger partial charge in [0, 0.05) is 11.3 Å². The van der Waals surface area contributed by atoms with E-state index in [1.165, 1.54) is 24.3 Å². The van der Waals surface area contributed by atoms with Crippen molar-refractivity contribution in [1.29, 1.82) is 0 Å². The first-order valence-electron chi connectivity index (χ1n) is 10.2. The summed E-state index contributed by atoms with van der Waals surface area (Å²) in [5.74, 6) is -0.699. The first-order chi connectivity index (χ1) is 15.3. The van der Waals surface area contributed by atoms with Crippen LogP contribution in [0.3, 0.4) is 0 Å². The lowest BCUT2D eigenvalue weighted by Crippen LogP contribution is -2.40. The van der Waals surface area contributed by atoms with Gasteiger partial charge < -0.3 is 10.1 Å². The Morgan fingerprint density at radius 2 is 1.91 bits per heavy atom. The number of hydrogen-bond acceptors (Lipinski definition) is 4. The third-order valence-electron chi connectivity index (χ3n) is 5.13. The molecule has 2 aromatic carbocycles. The Bertz CT molecular complexity index is 1020. The van der Waals surface area contributed by atoms with Crippen LogP contribution in [0, 0.1) is 5.82 Å². The second kappa shape index (κ2) is 10.8. The number of rotatable bonds is 10. The largest absolute Gasteiger partial charge is 0.433 e. The van der Waals surface area contributed by atoms with Gasteiger partial charge in [0.25, 0.3) is 0 Å². The van der Waals surface area contributed by atoms with E-state index < -0.39 is 12.7 Å². The predicted octanol–water partition coefficient (Wildman–Crippen LogP) is 4.71. The summed E-state index contributed by atoms with van der Waals surface area (Å²) in [6, 6.07) is 13.6. The summed E-state index contributed by atoms with van der Waals surface area (Å²) in [5.41, 5.74) is 2.70. The minimum Gasteiger partial charge on any atom is -0.433 e. The van der Waals surface area contributed by atoms with E-state index in [-0.39, 0.29) is 23.2 Å². The highest BCUT2D eigenvalue weighted by molar-refractivity contribution is 5.95. The van der Waals surface area contributed by atoms with Crippen LogP contribution in [0.2, 0.25) is 0 Å². The van der Waals surface area contributed by atoms with Crippen LogP contribution in [0.5, 0.6) is 5.75 Å². The van der Waals surface area contributed by atoms with Gasteiger partial charge in [-0.15, -0.1) is 0 Å². The van der Waals surface area contributed by atoms with E-state index >= 15 is 0 Å². The Morgan fingerprint density at radius 1 is 1.19 bits per heavy atom. The maximum Gasteiger partial charge on any atom is 0.387 e. The van der Waals surface area contributed by atoms with Gasteiger partial charge in [-0.05, 0) is 75.8 Å². The fourth-order valence-electron chi connectivity index (χ4n) is 3.18. The van der Waals surface area contributed by atoms with Crippen LogP contribution in [0.15, 0.2) is 54.6 Å². The number of alkyl halides is 2. The third-order valence-corrected chi connectivity index (χ3v) is 5.13. The zero-order valence-corrected chi connectivity index (χ0v) is 17.8. The zero-order chi connectivity index (χ0) is 23.1. The molecule has 0 fully saturated rings. The molecule has 1 aromatic heterocycles. The molecule has 0 aliphatic heterocycles. The third kappa shape index (κ3) is 6.34. The van der Waals surface area contributed by atoms with Crippen LogP contribution < -0.4 is 10.1 Å². The van der Waals surface area contributed by atoms with Gasteiger partial charge in [0.05, 0.1) is 17.4 Å². The lowest BCUT2D eigenvalue weighted by atomic mass is 10.1. The molecular weight excluding hydrogens is 421 g/mol. The van der Waals surface area contributed by atoms with E-state index in [1.54, 1.807) is 31.2 Å². The van der Waals surface area contributed by atoms with E-state index in [1.807, 2.05) is 18.0 Å². The van der Waals surface area contributed by atoms with Crippen LogP contribution in [-0.4, -0.2) is 47.3 Å². The van der Waals surface area contributed by atoms with Gasteiger partial charge in [-0.3, -0.25) is 14.8 Å². The molecule has 6 nitrogen and oxygen atoms in total. The number of likely N-dealkylation sites (N-methyl/N-ethyl adjacent to an activating group) is 1. The molecule has 0 bridgehead atoms. The summed E-state index contributed by atoms with van der Waals surface area (Å²) in [7, 11) is 1.82. The van der Waals surface area contributed by atoms with E-state index in [0.29, 0.717) is 6.54 Å². The van der Waals surface area contributed by atoms with Gasteiger partial charge >= 0.3 is 6.61 Å². The molecule has 170 valence electrons. The van der Waals surface area contributed by atoms with Crippen molar-refractivity contribution >= 4 is 11.6 Å². The van der Waals surface area contributed by atoms with Crippen molar-refractivity contribution in [2.45, 2.75) is 32.4 Å². The van der Waals surface area contributed by atoms with Gasteiger partial charge in [0.15, 0.2) is 0 Å². The Kier molecular flexibility index (Phi) is 7.88. The summed E-state index contributed by atoms with van der Waals surface area (Å²) in [4.78, 5) is 14.4. The van der Waals surface area contributed by atoms with Crippen molar-refractivity contribution in [3.05, 3.63) is 66.1 Å². The molecule has 3 rings (SSSR count). The molecule has 1 unspecified atom stereocenters. The molecule has 0 radical (unpaired) electrons. The average molecular weight is 446 g/mol. The summed E-state index contributed by atoms with van der Waals surface area (Å²) in [5, 5.41) is 9.89. The van der Waals surface area contributed by atoms with Crippen LogP contribution in [0.1, 0.15) is 19.0 Å². The number of para-hydroxylation sites is 2. The Morgan fingerprint density at radius 3 is 2.62 bits per heavy atom. The number of nitrogens with zero attached hydrogens (tertiary/aromatic N) is 2. The van der Waals surface area contributed by atoms with Crippen molar-refractivity contribution in [1.82, 2.24) is 15.1 Å². The van der Waals surface area contributed by atoms with Crippen molar-refractivity contribution < 1.29 is 22.7 Å². The number of benzene rings is 2. The summed E-state index contributed by atoms with van der Waals surface area (Å²) in [6.07, 6.45) is 1.49. The van der Waals surface area contributed by atoms with Gasteiger partial charge in [-0.1, -0.05) is 12.1 Å². The Balaban J connectivity index is 1.49. The molecule has 0 aliphatic carbocycles. The Hall–Kier alpha value is -3.33. The zero-order valence-electron chi connectivity index (χ0n) is 17.8. The number of anilines is 1. The van der Waals surface area contributed by atoms with Gasteiger partial charge in [0.1, 0.15) is 11.6 Å². The summed E-state index contributed by atoms with van der Waals surface area (Å²) < 4.78 is 42.6. The second-order valence-corrected chi connectivity index (χ2v) is 7.41. The highest BCUT2D eigenvalue weighted by Crippen LogP contribution is 2.26. The number of aryl methyl sites for hydroxylation is 1. The first-order valence-corrected chi connectivity index (χ1v) is 10.2. The highest BCUT2D eigenvalue weighted by atomic mass is 19.3. The molecule has 0 saturated carbocycles. The molecule has 0 spiro atoms. The number of aromatic amines is 1. The molecule has 2 N–H and O–H groups in total. The van der Waals surface area contributed by atoms with E-state index in [4.69, 9.17) is 0 Å².